The average Bonchev–Trinajstić information content (AvgIpc) is 3.26. The van der Waals surface area contributed by atoms with Gasteiger partial charge in [0.2, 0.25) is 11.8 Å². The van der Waals surface area contributed by atoms with E-state index in [2.05, 4.69) is 25.7 Å². The zero-order valence-corrected chi connectivity index (χ0v) is 16.0. The van der Waals surface area contributed by atoms with Gasteiger partial charge in [0.1, 0.15) is 6.42 Å². The molecule has 0 radical (unpaired) electrons. The Kier molecular flexibility index (Phi) is 4.49. The van der Waals surface area contributed by atoms with E-state index in [0.717, 1.165) is 23.9 Å². The van der Waals surface area contributed by atoms with Crippen LogP contribution >= 0.6 is 0 Å². The minimum Gasteiger partial charge on any atom is -0.420 e. The molecule has 2 N–H and O–H groups in total. The van der Waals surface area contributed by atoms with Crippen molar-refractivity contribution in [2.24, 2.45) is 0 Å². The molecule has 0 atom stereocenters. The number of aromatic nitrogens is 4. The van der Waals surface area contributed by atoms with Gasteiger partial charge < -0.3 is 9.73 Å². The number of hydrogen-bond donors (Lipinski definition) is 2. The SMILES string of the molecule is O=C(NC1CC1)c1cccc(-c2n[nH]c3ccc(-c4nnc(CC(F)(F)F)o4)cc23)c1. The van der Waals surface area contributed by atoms with E-state index in [1.807, 2.05) is 6.07 Å². The van der Waals surface area contributed by atoms with Gasteiger partial charge in [-0.15, -0.1) is 10.2 Å². The highest BCUT2D eigenvalue weighted by molar-refractivity contribution is 5.99. The van der Waals surface area contributed by atoms with E-state index >= 15 is 0 Å². The van der Waals surface area contributed by atoms with Crippen LogP contribution in [0.25, 0.3) is 33.6 Å². The number of amides is 1. The van der Waals surface area contributed by atoms with Crippen LogP contribution in [0.3, 0.4) is 0 Å². The third kappa shape index (κ3) is 4.14. The Morgan fingerprint density at radius 1 is 1.13 bits per heavy atom. The fourth-order valence-electron chi connectivity index (χ4n) is 3.28. The predicted octanol–water partition coefficient (Wildman–Crippen LogP) is 4.28. The first-order valence-corrected chi connectivity index (χ1v) is 9.65. The van der Waals surface area contributed by atoms with Gasteiger partial charge in [-0.05, 0) is 43.2 Å². The molecule has 158 valence electrons. The van der Waals surface area contributed by atoms with Crippen molar-refractivity contribution in [2.75, 3.05) is 0 Å². The summed E-state index contributed by atoms with van der Waals surface area (Å²) < 4.78 is 42.8. The molecule has 31 heavy (non-hydrogen) atoms. The number of nitrogens with zero attached hydrogens (tertiary/aromatic N) is 3. The highest BCUT2D eigenvalue weighted by Crippen LogP contribution is 2.31. The summed E-state index contributed by atoms with van der Waals surface area (Å²) in [5.41, 5.74) is 3.06. The largest absolute Gasteiger partial charge is 0.420 e. The summed E-state index contributed by atoms with van der Waals surface area (Å²) in [6, 6.07) is 12.5. The Hall–Kier alpha value is -3.69. The number of H-pyrrole nitrogens is 1. The number of carbonyl (C=O) groups excluding carboxylic acids is 1. The van der Waals surface area contributed by atoms with E-state index in [4.69, 9.17) is 4.42 Å². The fraction of sp³-hybridized carbons (Fsp3) is 0.238. The van der Waals surface area contributed by atoms with Crippen LogP contribution in [0.15, 0.2) is 46.9 Å². The van der Waals surface area contributed by atoms with E-state index in [1.54, 1.807) is 36.4 Å². The van der Waals surface area contributed by atoms with Crippen molar-refractivity contribution in [1.82, 2.24) is 25.7 Å². The molecule has 5 rings (SSSR count). The lowest BCUT2D eigenvalue weighted by Crippen LogP contribution is -2.25. The normalized spacial score (nSPS) is 14.2. The van der Waals surface area contributed by atoms with Gasteiger partial charge in [-0.3, -0.25) is 9.89 Å². The summed E-state index contributed by atoms with van der Waals surface area (Å²) in [7, 11) is 0. The van der Waals surface area contributed by atoms with Crippen molar-refractivity contribution in [2.45, 2.75) is 31.5 Å². The number of alkyl halides is 3. The molecule has 2 aromatic heterocycles. The molecule has 0 spiro atoms. The molecule has 10 heteroatoms. The molecular formula is C21H16F3N5O2. The van der Waals surface area contributed by atoms with Crippen LogP contribution in [0.1, 0.15) is 29.1 Å². The minimum absolute atomic E-state index is 0.00846. The molecule has 1 fully saturated rings. The second kappa shape index (κ2) is 7.22. The topological polar surface area (TPSA) is 96.7 Å². The van der Waals surface area contributed by atoms with Crippen molar-refractivity contribution in [3.63, 3.8) is 0 Å². The van der Waals surface area contributed by atoms with Crippen LogP contribution < -0.4 is 5.32 Å². The predicted molar refractivity (Wildman–Crippen MR) is 105 cm³/mol. The highest BCUT2D eigenvalue weighted by Gasteiger charge is 2.31. The first-order chi connectivity index (χ1) is 14.9. The number of carbonyl (C=O) groups is 1. The van der Waals surface area contributed by atoms with Crippen molar-refractivity contribution in [3.8, 4) is 22.7 Å². The lowest BCUT2D eigenvalue weighted by Gasteiger charge is -2.05. The van der Waals surface area contributed by atoms with Gasteiger partial charge >= 0.3 is 6.18 Å². The van der Waals surface area contributed by atoms with Crippen LogP contribution in [0.5, 0.6) is 0 Å². The van der Waals surface area contributed by atoms with E-state index in [9.17, 15) is 18.0 Å². The van der Waals surface area contributed by atoms with Crippen molar-refractivity contribution < 1.29 is 22.4 Å². The minimum atomic E-state index is -4.43. The van der Waals surface area contributed by atoms with Gasteiger partial charge in [-0.2, -0.15) is 18.3 Å². The van der Waals surface area contributed by atoms with Crippen LogP contribution in [0.2, 0.25) is 0 Å². The summed E-state index contributed by atoms with van der Waals surface area (Å²) in [6.07, 6.45) is -3.71. The number of benzene rings is 2. The van der Waals surface area contributed by atoms with Crippen LogP contribution in [0.4, 0.5) is 13.2 Å². The Balaban J connectivity index is 1.48. The summed E-state index contributed by atoms with van der Waals surface area (Å²) in [4.78, 5) is 12.4. The maximum Gasteiger partial charge on any atom is 0.397 e. The lowest BCUT2D eigenvalue weighted by molar-refractivity contribution is -0.130. The summed E-state index contributed by atoms with van der Waals surface area (Å²) in [6.45, 7) is 0. The van der Waals surface area contributed by atoms with Gasteiger partial charge in [0.05, 0.1) is 11.2 Å². The number of hydrogen-bond acceptors (Lipinski definition) is 5. The van der Waals surface area contributed by atoms with Crippen LogP contribution in [0, 0.1) is 0 Å². The Bertz CT molecular complexity index is 1270. The van der Waals surface area contributed by atoms with E-state index in [-0.39, 0.29) is 17.8 Å². The fourth-order valence-corrected chi connectivity index (χ4v) is 3.28. The van der Waals surface area contributed by atoms with E-state index in [1.165, 1.54) is 0 Å². The smallest absolute Gasteiger partial charge is 0.397 e. The quantitative estimate of drug-likeness (QED) is 0.496. The number of aromatic amines is 1. The van der Waals surface area contributed by atoms with E-state index in [0.29, 0.717) is 22.2 Å². The molecule has 2 heterocycles. The molecule has 1 saturated carbocycles. The molecule has 2 aromatic carbocycles. The molecule has 0 unspecified atom stereocenters. The number of rotatable bonds is 5. The Labute approximate surface area is 173 Å². The van der Waals surface area contributed by atoms with Crippen LogP contribution in [-0.2, 0) is 6.42 Å². The van der Waals surface area contributed by atoms with Gasteiger partial charge in [0.25, 0.3) is 5.91 Å². The van der Waals surface area contributed by atoms with Crippen LogP contribution in [-0.4, -0.2) is 38.5 Å². The zero-order valence-electron chi connectivity index (χ0n) is 16.0. The second-order valence-electron chi connectivity index (χ2n) is 7.45. The molecule has 1 amide bonds. The molecule has 0 bridgehead atoms. The molecule has 0 aliphatic heterocycles. The highest BCUT2D eigenvalue weighted by atomic mass is 19.4. The maximum atomic E-state index is 12.6. The third-order valence-electron chi connectivity index (χ3n) is 4.94. The second-order valence-corrected chi connectivity index (χ2v) is 7.45. The van der Waals surface area contributed by atoms with Gasteiger partial charge in [0.15, 0.2) is 0 Å². The Morgan fingerprint density at radius 2 is 1.97 bits per heavy atom. The first-order valence-electron chi connectivity index (χ1n) is 9.65. The molecular weight excluding hydrogens is 411 g/mol. The first kappa shape index (κ1) is 19.3. The number of nitrogens with one attached hydrogen (secondary N) is 2. The summed E-state index contributed by atoms with van der Waals surface area (Å²) in [5, 5.41) is 18.2. The lowest BCUT2D eigenvalue weighted by atomic mass is 10.0. The van der Waals surface area contributed by atoms with Gasteiger partial charge in [-0.25, -0.2) is 0 Å². The van der Waals surface area contributed by atoms with Crippen molar-refractivity contribution >= 4 is 16.8 Å². The monoisotopic (exact) mass is 427 g/mol. The molecule has 0 saturated heterocycles. The average molecular weight is 427 g/mol. The van der Waals surface area contributed by atoms with Crippen molar-refractivity contribution in [3.05, 3.63) is 53.9 Å². The summed E-state index contributed by atoms with van der Waals surface area (Å²) >= 11 is 0. The number of halogens is 3. The Morgan fingerprint density at radius 3 is 2.74 bits per heavy atom. The number of fused-ring (bicyclic) bond motifs is 1. The third-order valence-corrected chi connectivity index (χ3v) is 4.94. The standard InChI is InChI=1S/C21H16F3N5O2/c22-21(23,24)10-17-27-29-20(31-17)13-4-7-16-15(9-13)18(28-26-16)11-2-1-3-12(8-11)19(30)25-14-5-6-14/h1-4,7-9,14H,5-6,10H2,(H,25,30)(H,26,28). The van der Waals surface area contributed by atoms with Gasteiger partial charge in [0, 0.05) is 28.1 Å². The molecule has 1 aliphatic carbocycles. The van der Waals surface area contributed by atoms with Crippen molar-refractivity contribution in [1.29, 1.82) is 0 Å². The molecule has 1 aliphatic rings. The summed E-state index contributed by atoms with van der Waals surface area (Å²) in [5.74, 6) is -0.636. The maximum absolute atomic E-state index is 12.6. The van der Waals surface area contributed by atoms with E-state index < -0.39 is 18.5 Å². The molecule has 4 aromatic rings. The zero-order chi connectivity index (χ0) is 21.6. The van der Waals surface area contributed by atoms with Gasteiger partial charge in [-0.1, -0.05) is 12.1 Å². The molecule has 7 nitrogen and oxygen atoms in total.